The summed E-state index contributed by atoms with van der Waals surface area (Å²) in [5, 5.41) is 3.13. The number of rotatable bonds is 5. The minimum Gasteiger partial charge on any atom is -0.480 e. The minimum atomic E-state index is 0.217. The molecule has 0 atom stereocenters. The molecule has 1 aromatic heterocycles. The van der Waals surface area contributed by atoms with Gasteiger partial charge in [-0.05, 0) is 54.0 Å². The fourth-order valence-corrected chi connectivity index (χ4v) is 3.43. The summed E-state index contributed by atoms with van der Waals surface area (Å²) < 4.78 is 5.98. The number of carbonyl (C=O) groups is 1. The summed E-state index contributed by atoms with van der Waals surface area (Å²) in [4.78, 5) is 23.0. The van der Waals surface area contributed by atoms with Crippen molar-refractivity contribution in [1.82, 2.24) is 15.3 Å². The van der Waals surface area contributed by atoms with Crippen LogP contribution in [0.2, 0.25) is 0 Å². The van der Waals surface area contributed by atoms with Crippen molar-refractivity contribution in [2.75, 3.05) is 25.1 Å². The van der Waals surface area contributed by atoms with Crippen molar-refractivity contribution in [3.05, 3.63) is 10.7 Å². The maximum absolute atomic E-state index is 12.0. The van der Waals surface area contributed by atoms with Crippen LogP contribution in [0.5, 0.6) is 5.88 Å². The monoisotopic (exact) mass is 382 g/mol. The second-order valence-corrected chi connectivity index (χ2v) is 7.21. The quantitative estimate of drug-likeness (QED) is 0.847. The lowest BCUT2D eigenvalue weighted by molar-refractivity contribution is -0.123. The predicted octanol–water partition coefficient (Wildman–Crippen LogP) is 2.52. The van der Waals surface area contributed by atoms with Crippen LogP contribution in [0.1, 0.15) is 38.5 Å². The summed E-state index contributed by atoms with van der Waals surface area (Å²) in [6, 6.07) is 0.436. The van der Waals surface area contributed by atoms with Crippen LogP contribution in [0.4, 0.5) is 5.95 Å². The molecule has 7 heteroatoms. The molecular formula is C16H23BrN4O2. The van der Waals surface area contributed by atoms with Gasteiger partial charge < -0.3 is 15.0 Å². The molecule has 1 aromatic rings. The summed E-state index contributed by atoms with van der Waals surface area (Å²) in [5.41, 5.74) is 0. The molecule has 0 radical (unpaired) electrons. The van der Waals surface area contributed by atoms with Gasteiger partial charge in [-0.3, -0.25) is 4.79 Å². The standard InChI is InChI=1S/C16H23BrN4O2/c1-23-15-13(17)10-18-16(20-15)21-7-5-11(6-8-21)9-14(22)19-12-3-2-4-12/h10-12H,2-9H2,1H3,(H,19,22). The molecule has 0 bridgehead atoms. The zero-order valence-electron chi connectivity index (χ0n) is 13.4. The fraction of sp³-hybridized carbons (Fsp3) is 0.688. The number of methoxy groups -OCH3 is 1. The van der Waals surface area contributed by atoms with E-state index in [1.54, 1.807) is 13.3 Å². The molecule has 0 spiro atoms. The normalized spacial score (nSPS) is 19.3. The zero-order valence-corrected chi connectivity index (χ0v) is 15.0. The number of anilines is 1. The smallest absolute Gasteiger partial charge is 0.232 e. The van der Waals surface area contributed by atoms with Crippen LogP contribution in [-0.4, -0.2) is 42.1 Å². The Bertz CT molecular complexity index is 557. The number of halogens is 1. The molecule has 2 aliphatic rings. The third-order valence-electron chi connectivity index (χ3n) is 4.73. The Hall–Kier alpha value is -1.37. The van der Waals surface area contributed by atoms with Crippen molar-refractivity contribution in [3.63, 3.8) is 0 Å². The van der Waals surface area contributed by atoms with Crippen molar-refractivity contribution >= 4 is 27.8 Å². The van der Waals surface area contributed by atoms with Gasteiger partial charge >= 0.3 is 0 Å². The van der Waals surface area contributed by atoms with Crippen LogP contribution in [0.15, 0.2) is 10.7 Å². The van der Waals surface area contributed by atoms with Crippen LogP contribution >= 0.6 is 15.9 Å². The van der Waals surface area contributed by atoms with E-state index in [1.807, 2.05) is 0 Å². The molecule has 2 fully saturated rings. The van der Waals surface area contributed by atoms with Gasteiger partial charge in [0.25, 0.3) is 0 Å². The van der Waals surface area contributed by atoms with Gasteiger partial charge in [0.15, 0.2) is 0 Å². The van der Waals surface area contributed by atoms with Gasteiger partial charge in [0.05, 0.1) is 17.8 Å². The highest BCUT2D eigenvalue weighted by Gasteiger charge is 2.25. The number of hydrogen-bond donors (Lipinski definition) is 1. The Kier molecular flexibility index (Phi) is 5.35. The molecule has 6 nitrogen and oxygen atoms in total. The van der Waals surface area contributed by atoms with Gasteiger partial charge in [-0.1, -0.05) is 0 Å². The van der Waals surface area contributed by atoms with Crippen molar-refractivity contribution in [3.8, 4) is 5.88 Å². The molecule has 0 aromatic carbocycles. The topological polar surface area (TPSA) is 67.3 Å². The van der Waals surface area contributed by atoms with Gasteiger partial charge in [-0.25, -0.2) is 4.98 Å². The Labute approximate surface area is 145 Å². The zero-order chi connectivity index (χ0) is 16.2. The van der Waals surface area contributed by atoms with E-state index in [1.165, 1.54) is 6.42 Å². The van der Waals surface area contributed by atoms with E-state index in [4.69, 9.17) is 4.74 Å². The van der Waals surface area contributed by atoms with E-state index >= 15 is 0 Å². The molecule has 1 aliphatic carbocycles. The van der Waals surface area contributed by atoms with E-state index in [-0.39, 0.29) is 5.91 Å². The summed E-state index contributed by atoms with van der Waals surface area (Å²) >= 11 is 3.37. The lowest BCUT2D eigenvalue weighted by atomic mass is 9.91. The molecule has 1 saturated heterocycles. The van der Waals surface area contributed by atoms with Crippen LogP contribution in [0.25, 0.3) is 0 Å². The SMILES string of the molecule is COc1nc(N2CCC(CC(=O)NC3CCC3)CC2)ncc1Br. The maximum Gasteiger partial charge on any atom is 0.232 e. The largest absolute Gasteiger partial charge is 0.480 e. The number of nitrogens with one attached hydrogen (secondary N) is 1. The summed E-state index contributed by atoms with van der Waals surface area (Å²) in [5.74, 6) is 1.93. The van der Waals surface area contributed by atoms with E-state index in [2.05, 4.69) is 36.1 Å². The number of hydrogen-bond acceptors (Lipinski definition) is 5. The Morgan fingerprint density at radius 2 is 2.13 bits per heavy atom. The second kappa shape index (κ2) is 7.47. The van der Waals surface area contributed by atoms with Crippen LogP contribution in [-0.2, 0) is 4.79 Å². The third kappa shape index (κ3) is 4.13. The highest BCUT2D eigenvalue weighted by atomic mass is 79.9. The van der Waals surface area contributed by atoms with Crippen molar-refractivity contribution in [2.24, 2.45) is 5.92 Å². The molecule has 1 aliphatic heterocycles. The first-order valence-corrected chi connectivity index (χ1v) is 9.06. The predicted molar refractivity (Wildman–Crippen MR) is 91.6 cm³/mol. The van der Waals surface area contributed by atoms with E-state index < -0.39 is 0 Å². The molecule has 1 N–H and O–H groups in total. The summed E-state index contributed by atoms with van der Waals surface area (Å²) in [6.07, 6.45) is 7.91. The van der Waals surface area contributed by atoms with Gasteiger partial charge in [-0.2, -0.15) is 4.98 Å². The van der Waals surface area contributed by atoms with E-state index in [9.17, 15) is 4.79 Å². The molecule has 1 saturated carbocycles. The van der Waals surface area contributed by atoms with Crippen LogP contribution in [0, 0.1) is 5.92 Å². The average molecular weight is 383 g/mol. The first-order chi connectivity index (χ1) is 11.2. The molecule has 2 heterocycles. The number of ether oxygens (including phenoxy) is 1. The van der Waals surface area contributed by atoms with Gasteiger partial charge in [0.1, 0.15) is 0 Å². The van der Waals surface area contributed by atoms with Crippen molar-refractivity contribution < 1.29 is 9.53 Å². The highest BCUT2D eigenvalue weighted by molar-refractivity contribution is 9.10. The number of carbonyl (C=O) groups excluding carboxylic acids is 1. The first kappa shape index (κ1) is 16.5. The first-order valence-electron chi connectivity index (χ1n) is 8.26. The number of piperidine rings is 1. The van der Waals surface area contributed by atoms with Gasteiger partial charge in [0, 0.05) is 25.6 Å². The maximum atomic E-state index is 12.0. The molecule has 0 unspecified atom stereocenters. The number of aromatic nitrogens is 2. The Balaban J connectivity index is 1.48. The number of nitrogens with zero attached hydrogens (tertiary/aromatic N) is 3. The fourth-order valence-electron chi connectivity index (χ4n) is 3.08. The number of amides is 1. The van der Waals surface area contributed by atoms with Gasteiger partial charge in [-0.15, -0.1) is 0 Å². The molecule has 3 rings (SSSR count). The Morgan fingerprint density at radius 3 is 2.74 bits per heavy atom. The van der Waals surface area contributed by atoms with Crippen molar-refractivity contribution in [2.45, 2.75) is 44.6 Å². The summed E-state index contributed by atoms with van der Waals surface area (Å²) in [7, 11) is 1.60. The Morgan fingerprint density at radius 1 is 1.39 bits per heavy atom. The molecule has 23 heavy (non-hydrogen) atoms. The summed E-state index contributed by atoms with van der Waals surface area (Å²) in [6.45, 7) is 1.76. The second-order valence-electron chi connectivity index (χ2n) is 6.36. The van der Waals surface area contributed by atoms with E-state index in [0.29, 0.717) is 30.2 Å². The highest BCUT2D eigenvalue weighted by Crippen LogP contribution is 2.27. The van der Waals surface area contributed by atoms with Crippen LogP contribution in [0.3, 0.4) is 0 Å². The van der Waals surface area contributed by atoms with E-state index in [0.717, 1.165) is 43.2 Å². The van der Waals surface area contributed by atoms with Crippen molar-refractivity contribution in [1.29, 1.82) is 0 Å². The lowest BCUT2D eigenvalue weighted by Gasteiger charge is -2.32. The van der Waals surface area contributed by atoms with Crippen LogP contribution < -0.4 is 15.0 Å². The average Bonchev–Trinajstić information content (AvgIpc) is 2.52. The third-order valence-corrected chi connectivity index (χ3v) is 5.28. The minimum absolute atomic E-state index is 0.217. The lowest BCUT2D eigenvalue weighted by Crippen LogP contribution is -2.41. The molecular weight excluding hydrogens is 360 g/mol. The molecule has 126 valence electrons. The van der Waals surface area contributed by atoms with Gasteiger partial charge in [0.2, 0.25) is 17.7 Å². The molecule has 1 amide bonds.